The molecular formula is C26H24N4O3. The van der Waals surface area contributed by atoms with E-state index in [1.165, 1.54) is 6.08 Å². The number of benzene rings is 3. The fraction of sp³-hybridized carbons (Fsp3) is 0.115. The predicted molar refractivity (Wildman–Crippen MR) is 127 cm³/mol. The number of aromatic nitrogens is 2. The zero-order chi connectivity index (χ0) is 23.2. The van der Waals surface area contributed by atoms with Crippen molar-refractivity contribution in [2.75, 3.05) is 6.61 Å². The first-order chi connectivity index (χ1) is 16.0. The number of nitrogens with zero attached hydrogens (tertiary/aromatic N) is 2. The van der Waals surface area contributed by atoms with E-state index in [2.05, 4.69) is 5.32 Å². The molecule has 4 aromatic rings. The van der Waals surface area contributed by atoms with Gasteiger partial charge < -0.3 is 20.4 Å². The number of carbonyl (C=O) groups is 2. The van der Waals surface area contributed by atoms with Crippen molar-refractivity contribution in [3.63, 3.8) is 0 Å². The van der Waals surface area contributed by atoms with E-state index in [9.17, 15) is 9.59 Å². The highest BCUT2D eigenvalue weighted by Gasteiger charge is 2.21. The fourth-order valence-corrected chi connectivity index (χ4v) is 3.56. The minimum Gasteiger partial charge on any atom is -0.484 e. The van der Waals surface area contributed by atoms with Crippen LogP contribution in [0.5, 0.6) is 5.75 Å². The first-order valence-corrected chi connectivity index (χ1v) is 10.5. The van der Waals surface area contributed by atoms with E-state index in [0.29, 0.717) is 5.75 Å². The predicted octanol–water partition coefficient (Wildman–Crippen LogP) is 3.36. The fourth-order valence-electron chi connectivity index (χ4n) is 3.56. The average Bonchev–Trinajstić information content (AvgIpc) is 3.17. The van der Waals surface area contributed by atoms with Crippen molar-refractivity contribution >= 4 is 28.9 Å². The molecular weight excluding hydrogens is 416 g/mol. The third kappa shape index (κ3) is 5.27. The molecule has 166 valence electrons. The smallest absolute Gasteiger partial charge is 0.255 e. The third-order valence-corrected chi connectivity index (χ3v) is 5.19. The lowest BCUT2D eigenvalue weighted by molar-refractivity contribution is -0.120. The van der Waals surface area contributed by atoms with Crippen molar-refractivity contribution in [2.45, 2.75) is 6.04 Å². The number of nitrogens with one attached hydrogen (secondary N) is 1. The zero-order valence-electron chi connectivity index (χ0n) is 18.1. The van der Waals surface area contributed by atoms with E-state index >= 15 is 0 Å². The van der Waals surface area contributed by atoms with Crippen molar-refractivity contribution in [1.29, 1.82) is 0 Å². The van der Waals surface area contributed by atoms with Gasteiger partial charge in [0, 0.05) is 13.1 Å². The highest BCUT2D eigenvalue weighted by Crippen LogP contribution is 2.25. The van der Waals surface area contributed by atoms with Crippen molar-refractivity contribution in [1.82, 2.24) is 14.9 Å². The molecule has 3 aromatic carbocycles. The van der Waals surface area contributed by atoms with Crippen molar-refractivity contribution in [2.24, 2.45) is 12.8 Å². The SMILES string of the molecule is Cn1c(C(NC(=O)/C=C/c2ccc(OCC(N)=O)cc2)c2ccccc2)nc2ccccc21. The van der Waals surface area contributed by atoms with Crippen LogP contribution in [0.1, 0.15) is 23.0 Å². The summed E-state index contributed by atoms with van der Waals surface area (Å²) in [7, 11) is 1.95. The molecule has 3 N–H and O–H groups in total. The normalized spacial score (nSPS) is 12.0. The number of nitrogens with two attached hydrogens (primary N) is 1. The summed E-state index contributed by atoms with van der Waals surface area (Å²) in [6, 6.07) is 24.2. The Bertz CT molecular complexity index is 1290. The first-order valence-electron chi connectivity index (χ1n) is 10.5. The molecule has 1 heterocycles. The van der Waals surface area contributed by atoms with Gasteiger partial charge in [0.25, 0.3) is 5.91 Å². The largest absolute Gasteiger partial charge is 0.484 e. The highest BCUT2D eigenvalue weighted by molar-refractivity contribution is 5.92. The van der Waals surface area contributed by atoms with Crippen LogP contribution in [0.3, 0.4) is 0 Å². The van der Waals surface area contributed by atoms with Crippen LogP contribution < -0.4 is 15.8 Å². The van der Waals surface area contributed by atoms with E-state index < -0.39 is 11.9 Å². The van der Waals surface area contributed by atoms with Crippen molar-refractivity contribution in [3.8, 4) is 5.75 Å². The van der Waals surface area contributed by atoms with Crippen LogP contribution in [0.25, 0.3) is 17.1 Å². The summed E-state index contributed by atoms with van der Waals surface area (Å²) in [5.41, 5.74) is 8.71. The molecule has 0 fully saturated rings. The molecule has 1 aromatic heterocycles. The lowest BCUT2D eigenvalue weighted by Crippen LogP contribution is -2.29. The minimum absolute atomic E-state index is 0.180. The minimum atomic E-state index is -0.538. The van der Waals surface area contributed by atoms with Crippen LogP contribution in [0.2, 0.25) is 0 Å². The molecule has 0 aliphatic carbocycles. The number of para-hydroxylation sites is 2. The molecule has 33 heavy (non-hydrogen) atoms. The second kappa shape index (κ2) is 9.82. The van der Waals surface area contributed by atoms with Gasteiger partial charge in [-0.1, -0.05) is 54.6 Å². The van der Waals surface area contributed by atoms with Gasteiger partial charge in [-0.15, -0.1) is 0 Å². The van der Waals surface area contributed by atoms with Gasteiger partial charge in [-0.3, -0.25) is 9.59 Å². The molecule has 0 spiro atoms. The Morgan fingerprint density at radius 1 is 1.03 bits per heavy atom. The Morgan fingerprint density at radius 2 is 1.73 bits per heavy atom. The summed E-state index contributed by atoms with van der Waals surface area (Å²) in [5, 5.41) is 3.08. The van der Waals surface area contributed by atoms with Gasteiger partial charge in [0.2, 0.25) is 5.91 Å². The Hall–Kier alpha value is -4.39. The maximum absolute atomic E-state index is 12.8. The molecule has 7 heteroatoms. The van der Waals surface area contributed by atoms with Crippen molar-refractivity contribution in [3.05, 3.63) is 102 Å². The molecule has 0 bridgehead atoms. The molecule has 7 nitrogen and oxygen atoms in total. The van der Waals surface area contributed by atoms with Gasteiger partial charge >= 0.3 is 0 Å². The standard InChI is InChI=1S/C26H24N4O3/c1-30-22-10-6-5-9-21(22)28-26(30)25(19-7-3-2-4-8-19)29-24(32)16-13-18-11-14-20(15-12-18)33-17-23(27)31/h2-16,25H,17H2,1H3,(H2,27,31)(H,29,32)/b16-13+. The number of hydrogen-bond donors (Lipinski definition) is 2. The van der Waals surface area contributed by atoms with Gasteiger partial charge in [-0.05, 0) is 41.5 Å². The van der Waals surface area contributed by atoms with Crippen molar-refractivity contribution < 1.29 is 14.3 Å². The molecule has 1 atom stereocenters. The third-order valence-electron chi connectivity index (χ3n) is 5.19. The van der Waals surface area contributed by atoms with Gasteiger partial charge in [0.15, 0.2) is 6.61 Å². The molecule has 0 saturated heterocycles. The summed E-state index contributed by atoms with van der Waals surface area (Å²) in [6.45, 7) is -0.180. The molecule has 2 amide bonds. The number of carbonyl (C=O) groups excluding carboxylic acids is 2. The Kier molecular flexibility index (Phi) is 6.50. The Labute approximate surface area is 191 Å². The number of rotatable bonds is 8. The number of imidazole rings is 1. The van der Waals surface area contributed by atoms with Crippen LogP contribution >= 0.6 is 0 Å². The highest BCUT2D eigenvalue weighted by atomic mass is 16.5. The topological polar surface area (TPSA) is 99.2 Å². The Morgan fingerprint density at radius 3 is 2.42 bits per heavy atom. The number of hydrogen-bond acceptors (Lipinski definition) is 4. The molecule has 0 saturated carbocycles. The summed E-state index contributed by atoms with van der Waals surface area (Å²) >= 11 is 0. The quantitative estimate of drug-likeness (QED) is 0.411. The van der Waals surface area contributed by atoms with Gasteiger partial charge in [0.05, 0.1) is 11.0 Å². The van der Waals surface area contributed by atoms with E-state index in [1.54, 1.807) is 30.3 Å². The summed E-state index contributed by atoms with van der Waals surface area (Å²) in [6.07, 6.45) is 3.20. The number of aryl methyl sites for hydroxylation is 1. The molecule has 0 radical (unpaired) electrons. The average molecular weight is 441 g/mol. The van der Waals surface area contributed by atoms with E-state index in [0.717, 1.165) is 28.0 Å². The van der Waals surface area contributed by atoms with Crippen LogP contribution in [-0.2, 0) is 16.6 Å². The maximum atomic E-state index is 12.8. The summed E-state index contributed by atoms with van der Waals surface area (Å²) in [4.78, 5) is 28.4. The van der Waals surface area contributed by atoms with Crippen LogP contribution in [0, 0.1) is 0 Å². The molecule has 4 rings (SSSR count). The van der Waals surface area contributed by atoms with Gasteiger partial charge in [-0.25, -0.2) is 4.98 Å². The first kappa shape index (κ1) is 21.8. The number of amides is 2. The summed E-state index contributed by atoms with van der Waals surface area (Å²) < 4.78 is 7.25. The van der Waals surface area contributed by atoms with Crippen LogP contribution in [0.4, 0.5) is 0 Å². The summed E-state index contributed by atoms with van der Waals surface area (Å²) in [5.74, 6) is 0.496. The molecule has 0 aliphatic heterocycles. The second-order valence-electron chi connectivity index (χ2n) is 7.53. The van der Waals surface area contributed by atoms with E-state index in [-0.39, 0.29) is 12.5 Å². The number of primary amides is 1. The van der Waals surface area contributed by atoms with Gasteiger partial charge in [0.1, 0.15) is 17.6 Å². The lowest BCUT2D eigenvalue weighted by atomic mass is 10.1. The lowest BCUT2D eigenvalue weighted by Gasteiger charge is -2.18. The maximum Gasteiger partial charge on any atom is 0.255 e. The number of ether oxygens (including phenoxy) is 1. The molecule has 0 aliphatic rings. The van der Waals surface area contributed by atoms with Gasteiger partial charge in [-0.2, -0.15) is 0 Å². The second-order valence-corrected chi connectivity index (χ2v) is 7.53. The zero-order valence-corrected chi connectivity index (χ0v) is 18.1. The van der Waals surface area contributed by atoms with Crippen LogP contribution in [-0.4, -0.2) is 28.0 Å². The van der Waals surface area contributed by atoms with E-state index in [4.69, 9.17) is 15.5 Å². The van der Waals surface area contributed by atoms with Crippen LogP contribution in [0.15, 0.2) is 84.9 Å². The Balaban J connectivity index is 1.53. The number of fused-ring (bicyclic) bond motifs is 1. The molecule has 1 unspecified atom stereocenters. The monoisotopic (exact) mass is 440 g/mol. The van der Waals surface area contributed by atoms with E-state index in [1.807, 2.05) is 66.2 Å².